The van der Waals surface area contributed by atoms with Gasteiger partial charge in [-0.2, -0.15) is 0 Å². The van der Waals surface area contributed by atoms with Crippen LogP contribution in [-0.4, -0.2) is 170 Å². The summed E-state index contributed by atoms with van der Waals surface area (Å²) in [4.78, 5) is 34.4. The minimum Gasteiger partial charge on any atom is -0.394 e. The molecule has 0 saturated carbocycles. The number of amides is 2. The van der Waals surface area contributed by atoms with Gasteiger partial charge in [0, 0.05) is 13.8 Å². The zero-order valence-electron chi connectivity index (χ0n) is 21.7. The second-order valence-corrected chi connectivity index (χ2v) is 9.44. The smallest absolute Gasteiger partial charge is 0.217 e. The van der Waals surface area contributed by atoms with E-state index in [0.717, 1.165) is 13.8 Å². The van der Waals surface area contributed by atoms with Gasteiger partial charge in [0.1, 0.15) is 79.4 Å². The lowest BCUT2D eigenvalue weighted by atomic mass is 9.95. The van der Waals surface area contributed by atoms with Crippen LogP contribution < -0.4 is 10.6 Å². The summed E-state index contributed by atoms with van der Waals surface area (Å²) >= 11 is 0. The van der Waals surface area contributed by atoms with Crippen molar-refractivity contribution in [3.63, 3.8) is 0 Å². The molecule has 2 amide bonds. The minimum atomic E-state index is -2.03. The van der Waals surface area contributed by atoms with Crippen LogP contribution in [0.15, 0.2) is 0 Å². The fraction of sp³-hybridized carbons (Fsp3) is 0.864. The normalized spacial score (nSPS) is 37.6. The molecular weight excluding hydrogens is 548 g/mol. The van der Waals surface area contributed by atoms with E-state index >= 15 is 0 Å². The van der Waals surface area contributed by atoms with Crippen molar-refractivity contribution in [2.45, 2.75) is 99.6 Å². The Morgan fingerprint density at radius 2 is 1.48 bits per heavy atom. The number of hydrogen-bond acceptors (Lipinski definition) is 16. The third-order valence-electron chi connectivity index (χ3n) is 6.44. The molecule has 0 aromatic rings. The topological polar surface area (TPSA) is 294 Å². The van der Waals surface area contributed by atoms with Crippen molar-refractivity contribution in [2.24, 2.45) is 0 Å². The Bertz CT molecular complexity index is 835. The van der Waals surface area contributed by atoms with Crippen LogP contribution >= 0.6 is 0 Å². The molecule has 0 aromatic heterocycles. The van der Waals surface area contributed by atoms with Gasteiger partial charge >= 0.3 is 0 Å². The van der Waals surface area contributed by atoms with Gasteiger partial charge in [-0.05, 0) is 0 Å². The Morgan fingerprint density at radius 3 is 1.98 bits per heavy atom. The molecule has 2 fully saturated rings. The molecule has 232 valence electrons. The highest BCUT2D eigenvalue weighted by molar-refractivity contribution is 5.77. The fourth-order valence-corrected chi connectivity index (χ4v) is 4.37. The molecule has 14 atom stereocenters. The Kier molecular flexibility index (Phi) is 13.2. The number of aliphatic hydroxyl groups excluding tert-OH is 9. The summed E-state index contributed by atoms with van der Waals surface area (Å²) in [5.41, 5.74) is 0. The highest BCUT2D eigenvalue weighted by Crippen LogP contribution is 2.30. The molecule has 2 aliphatic rings. The largest absolute Gasteiger partial charge is 0.394 e. The van der Waals surface area contributed by atoms with Crippen molar-refractivity contribution >= 4 is 18.1 Å². The first-order chi connectivity index (χ1) is 18.8. The van der Waals surface area contributed by atoms with Gasteiger partial charge in [0.15, 0.2) is 12.6 Å². The quantitative estimate of drug-likeness (QED) is 0.0893. The Morgan fingerprint density at radius 1 is 0.875 bits per heavy atom. The van der Waals surface area contributed by atoms with Crippen LogP contribution in [0.25, 0.3) is 0 Å². The summed E-state index contributed by atoms with van der Waals surface area (Å²) < 4.78 is 21.9. The van der Waals surface area contributed by atoms with Gasteiger partial charge in [-0.1, -0.05) is 0 Å². The molecule has 11 N–H and O–H groups in total. The SMILES string of the molecule is CC(=O)NC(C=O)C(O)C(OC1OC(CO)C(OC2OC(CO)C(O)C(O)C2NC(C)=O)C(O)C1O)C(O)CO. The molecule has 14 unspecified atom stereocenters. The second kappa shape index (κ2) is 15.4. The standard InChI is InChI=1S/C22H38N2O16/c1-7(29)23-9(3-25)14(32)19(10(31)4-26)39-22-18(36)17(35)20(12(6-28)38-22)40-21-13(24-8(2)30)16(34)15(33)11(5-27)37-21/h3,9-22,26-28,31-36H,4-6H2,1-2H3,(H,23,29)(H,24,30). The molecule has 2 saturated heterocycles. The number of carbonyl (C=O) groups is 3. The average Bonchev–Trinajstić information content (AvgIpc) is 2.92. The molecule has 2 rings (SSSR count). The monoisotopic (exact) mass is 586 g/mol. The number of hydrogen-bond donors (Lipinski definition) is 11. The van der Waals surface area contributed by atoms with Crippen molar-refractivity contribution in [3.8, 4) is 0 Å². The number of aldehydes is 1. The summed E-state index contributed by atoms with van der Waals surface area (Å²) in [5.74, 6) is -1.38. The van der Waals surface area contributed by atoms with E-state index in [1.165, 1.54) is 0 Å². The van der Waals surface area contributed by atoms with E-state index in [1.54, 1.807) is 0 Å². The number of carbonyl (C=O) groups excluding carboxylic acids is 3. The molecule has 0 aliphatic carbocycles. The van der Waals surface area contributed by atoms with E-state index in [9.17, 15) is 60.3 Å². The zero-order chi connectivity index (χ0) is 30.3. The van der Waals surface area contributed by atoms with Crippen LogP contribution in [0.5, 0.6) is 0 Å². The molecular formula is C22H38N2O16. The number of rotatable bonds is 13. The summed E-state index contributed by atoms with van der Waals surface area (Å²) in [5, 5.41) is 96.1. The van der Waals surface area contributed by atoms with Crippen LogP contribution in [0.4, 0.5) is 0 Å². The van der Waals surface area contributed by atoms with E-state index in [1.807, 2.05) is 0 Å². The lowest BCUT2D eigenvalue weighted by Gasteiger charge is -2.47. The summed E-state index contributed by atoms with van der Waals surface area (Å²) in [6.07, 6.45) is -21.0. The number of nitrogens with one attached hydrogen (secondary N) is 2. The zero-order valence-corrected chi connectivity index (χ0v) is 21.7. The number of aliphatic hydroxyl groups is 9. The van der Waals surface area contributed by atoms with Gasteiger partial charge in [0.25, 0.3) is 0 Å². The van der Waals surface area contributed by atoms with E-state index in [2.05, 4.69) is 10.6 Å². The van der Waals surface area contributed by atoms with Gasteiger partial charge in [0.05, 0.1) is 19.8 Å². The van der Waals surface area contributed by atoms with Crippen LogP contribution in [0, 0.1) is 0 Å². The predicted molar refractivity (Wildman–Crippen MR) is 126 cm³/mol. The highest BCUT2D eigenvalue weighted by atomic mass is 16.7. The van der Waals surface area contributed by atoms with E-state index < -0.39 is 117 Å². The molecule has 2 aliphatic heterocycles. The second-order valence-electron chi connectivity index (χ2n) is 9.44. The van der Waals surface area contributed by atoms with Gasteiger partial charge in [0.2, 0.25) is 11.8 Å². The first-order valence-corrected chi connectivity index (χ1v) is 12.3. The summed E-state index contributed by atoms with van der Waals surface area (Å²) in [7, 11) is 0. The Balaban J connectivity index is 2.27. The van der Waals surface area contributed by atoms with Crippen LogP contribution in [-0.2, 0) is 33.3 Å². The third kappa shape index (κ3) is 8.10. The highest BCUT2D eigenvalue weighted by Gasteiger charge is 2.52. The van der Waals surface area contributed by atoms with E-state index in [4.69, 9.17) is 18.9 Å². The van der Waals surface area contributed by atoms with Crippen molar-refractivity contribution in [1.29, 1.82) is 0 Å². The van der Waals surface area contributed by atoms with Crippen molar-refractivity contribution in [2.75, 3.05) is 19.8 Å². The molecule has 0 radical (unpaired) electrons. The molecule has 2 heterocycles. The van der Waals surface area contributed by atoms with Crippen LogP contribution in [0.3, 0.4) is 0 Å². The minimum absolute atomic E-state index is 0.139. The first kappa shape index (κ1) is 34.3. The summed E-state index contributed by atoms with van der Waals surface area (Å²) in [6, 6.07) is -3.05. The average molecular weight is 587 g/mol. The maximum Gasteiger partial charge on any atom is 0.217 e. The third-order valence-corrected chi connectivity index (χ3v) is 6.44. The fourth-order valence-electron chi connectivity index (χ4n) is 4.37. The van der Waals surface area contributed by atoms with Gasteiger partial charge < -0.3 is 80.3 Å². The van der Waals surface area contributed by atoms with Crippen LogP contribution in [0.1, 0.15) is 13.8 Å². The molecule has 0 aromatic carbocycles. The van der Waals surface area contributed by atoms with E-state index in [-0.39, 0.29) is 6.29 Å². The Hall–Kier alpha value is -1.91. The van der Waals surface area contributed by atoms with Crippen molar-refractivity contribution < 1.29 is 79.3 Å². The van der Waals surface area contributed by atoms with Gasteiger partial charge in [-0.25, -0.2) is 0 Å². The van der Waals surface area contributed by atoms with Crippen molar-refractivity contribution in [1.82, 2.24) is 10.6 Å². The molecule has 0 bridgehead atoms. The van der Waals surface area contributed by atoms with Gasteiger partial charge in [-0.15, -0.1) is 0 Å². The lowest BCUT2D eigenvalue weighted by molar-refractivity contribution is -0.357. The molecule has 18 heteroatoms. The van der Waals surface area contributed by atoms with Crippen LogP contribution in [0.2, 0.25) is 0 Å². The predicted octanol–water partition coefficient (Wildman–Crippen LogP) is -7.44. The van der Waals surface area contributed by atoms with E-state index in [0.29, 0.717) is 0 Å². The lowest BCUT2D eigenvalue weighted by Crippen LogP contribution is -2.68. The maximum absolute atomic E-state index is 11.7. The van der Waals surface area contributed by atoms with Crippen molar-refractivity contribution in [3.05, 3.63) is 0 Å². The van der Waals surface area contributed by atoms with Gasteiger partial charge in [-0.3, -0.25) is 9.59 Å². The molecule has 40 heavy (non-hydrogen) atoms. The maximum atomic E-state index is 11.7. The number of ether oxygens (including phenoxy) is 4. The summed E-state index contributed by atoms with van der Waals surface area (Å²) in [6.45, 7) is -0.515. The molecule has 0 spiro atoms. The Labute approximate surface area is 228 Å². The first-order valence-electron chi connectivity index (χ1n) is 12.3. The molecule has 18 nitrogen and oxygen atoms in total.